The van der Waals surface area contributed by atoms with Gasteiger partial charge >= 0.3 is 0 Å². The average Bonchev–Trinajstić information content (AvgIpc) is 2.56. The van der Waals surface area contributed by atoms with Gasteiger partial charge in [-0.3, -0.25) is 0 Å². The van der Waals surface area contributed by atoms with E-state index >= 15 is 0 Å². The standard InChI is InChI=1S/C12H21F2NO/c1-4-9(2)16-6-10-5-11(8-15(10)3)7-12(11,13)14/h9-10H,4-8H2,1-3H3. The van der Waals surface area contributed by atoms with Crippen molar-refractivity contribution in [3.05, 3.63) is 0 Å². The Morgan fingerprint density at radius 3 is 2.56 bits per heavy atom. The number of likely N-dealkylation sites (N-methyl/N-ethyl adjacent to an activating group) is 1. The zero-order chi connectivity index (χ0) is 12.0. The SMILES string of the molecule is CCC(C)OCC1CC2(CN1C)CC2(F)F. The number of hydrogen-bond acceptors (Lipinski definition) is 2. The van der Waals surface area contributed by atoms with Crippen LogP contribution >= 0.6 is 0 Å². The molecule has 1 saturated heterocycles. The number of likely N-dealkylation sites (tertiary alicyclic amines) is 1. The first-order valence-electron chi connectivity index (χ1n) is 6.10. The fourth-order valence-corrected chi connectivity index (χ4v) is 2.63. The highest BCUT2D eigenvalue weighted by Gasteiger charge is 2.73. The number of ether oxygens (including phenoxy) is 1. The van der Waals surface area contributed by atoms with Crippen LogP contribution in [0.5, 0.6) is 0 Å². The number of rotatable bonds is 4. The predicted molar refractivity (Wildman–Crippen MR) is 58.7 cm³/mol. The molecule has 1 spiro atoms. The summed E-state index contributed by atoms with van der Waals surface area (Å²) < 4.78 is 32.1. The van der Waals surface area contributed by atoms with Gasteiger partial charge in [0, 0.05) is 19.0 Å². The van der Waals surface area contributed by atoms with Gasteiger partial charge in [0.2, 0.25) is 0 Å². The van der Waals surface area contributed by atoms with Gasteiger partial charge < -0.3 is 9.64 Å². The smallest absolute Gasteiger partial charge is 0.255 e. The molecule has 0 aromatic heterocycles. The second-order valence-corrected chi connectivity index (χ2v) is 5.49. The molecule has 1 aliphatic heterocycles. The summed E-state index contributed by atoms with van der Waals surface area (Å²) in [7, 11) is 1.92. The van der Waals surface area contributed by atoms with E-state index < -0.39 is 11.3 Å². The Labute approximate surface area is 95.9 Å². The summed E-state index contributed by atoms with van der Waals surface area (Å²) in [6.07, 6.45) is 1.86. The third-order valence-electron chi connectivity index (χ3n) is 4.16. The summed E-state index contributed by atoms with van der Waals surface area (Å²) in [6.45, 7) is 5.20. The van der Waals surface area contributed by atoms with Crippen LogP contribution in [-0.4, -0.2) is 43.2 Å². The molecule has 1 aliphatic carbocycles. The van der Waals surface area contributed by atoms with E-state index in [0.717, 1.165) is 6.42 Å². The quantitative estimate of drug-likeness (QED) is 0.740. The molecule has 0 amide bonds. The molecular formula is C12H21F2NO. The summed E-state index contributed by atoms with van der Waals surface area (Å²) in [4.78, 5) is 2.03. The summed E-state index contributed by atoms with van der Waals surface area (Å²) in [5.74, 6) is -2.42. The van der Waals surface area contributed by atoms with Crippen LogP contribution in [-0.2, 0) is 4.74 Å². The number of hydrogen-bond donors (Lipinski definition) is 0. The highest BCUT2D eigenvalue weighted by atomic mass is 19.3. The molecule has 1 saturated carbocycles. The Morgan fingerprint density at radius 1 is 1.50 bits per heavy atom. The van der Waals surface area contributed by atoms with Gasteiger partial charge in [-0.25, -0.2) is 8.78 Å². The Kier molecular flexibility index (Phi) is 2.99. The molecule has 3 unspecified atom stereocenters. The van der Waals surface area contributed by atoms with Gasteiger partial charge in [-0.2, -0.15) is 0 Å². The minimum atomic E-state index is -2.42. The zero-order valence-electron chi connectivity index (χ0n) is 10.3. The van der Waals surface area contributed by atoms with Crippen LogP contribution in [0.1, 0.15) is 33.1 Å². The van der Waals surface area contributed by atoms with Gasteiger partial charge in [-0.15, -0.1) is 0 Å². The van der Waals surface area contributed by atoms with Gasteiger partial charge in [-0.05, 0) is 26.8 Å². The lowest BCUT2D eigenvalue weighted by Crippen LogP contribution is -2.30. The van der Waals surface area contributed by atoms with Gasteiger partial charge in [0.05, 0.1) is 18.1 Å². The molecule has 94 valence electrons. The van der Waals surface area contributed by atoms with Gasteiger partial charge in [0.1, 0.15) is 0 Å². The molecular weight excluding hydrogens is 212 g/mol. The monoisotopic (exact) mass is 233 g/mol. The van der Waals surface area contributed by atoms with Crippen molar-refractivity contribution in [2.24, 2.45) is 5.41 Å². The lowest BCUT2D eigenvalue weighted by molar-refractivity contribution is 0.0307. The summed E-state index contributed by atoms with van der Waals surface area (Å²) in [5, 5.41) is 0. The maximum atomic E-state index is 13.2. The normalized spacial score (nSPS) is 39.2. The second kappa shape index (κ2) is 3.91. The highest BCUT2D eigenvalue weighted by Crippen LogP contribution is 2.66. The third-order valence-corrected chi connectivity index (χ3v) is 4.16. The number of nitrogens with zero attached hydrogens (tertiary/aromatic N) is 1. The summed E-state index contributed by atoms with van der Waals surface area (Å²) >= 11 is 0. The van der Waals surface area contributed by atoms with E-state index in [-0.39, 0.29) is 18.6 Å². The first kappa shape index (κ1) is 12.2. The largest absolute Gasteiger partial charge is 0.377 e. The molecule has 0 bridgehead atoms. The fraction of sp³-hybridized carbons (Fsp3) is 1.00. The topological polar surface area (TPSA) is 12.5 Å². The maximum Gasteiger partial charge on any atom is 0.255 e. The zero-order valence-corrected chi connectivity index (χ0v) is 10.3. The maximum absolute atomic E-state index is 13.2. The van der Waals surface area contributed by atoms with Crippen LogP contribution in [0.4, 0.5) is 8.78 Å². The number of alkyl halides is 2. The van der Waals surface area contributed by atoms with E-state index in [1.54, 1.807) is 0 Å². The molecule has 1 heterocycles. The highest BCUT2D eigenvalue weighted by molar-refractivity contribution is 5.16. The van der Waals surface area contributed by atoms with Crippen LogP contribution in [0, 0.1) is 5.41 Å². The van der Waals surface area contributed by atoms with Crippen molar-refractivity contribution in [1.29, 1.82) is 0 Å². The van der Waals surface area contributed by atoms with Crippen molar-refractivity contribution in [2.75, 3.05) is 20.2 Å². The molecule has 16 heavy (non-hydrogen) atoms. The molecule has 0 aromatic rings. The fourth-order valence-electron chi connectivity index (χ4n) is 2.63. The molecule has 2 rings (SSSR count). The van der Waals surface area contributed by atoms with Crippen LogP contribution < -0.4 is 0 Å². The van der Waals surface area contributed by atoms with E-state index in [9.17, 15) is 8.78 Å². The Bertz CT molecular complexity index is 272. The van der Waals surface area contributed by atoms with Crippen LogP contribution in [0.25, 0.3) is 0 Å². The van der Waals surface area contributed by atoms with E-state index in [0.29, 0.717) is 19.6 Å². The predicted octanol–water partition coefficient (Wildman–Crippen LogP) is 2.53. The van der Waals surface area contributed by atoms with Gasteiger partial charge in [0.25, 0.3) is 5.92 Å². The first-order chi connectivity index (χ1) is 7.40. The molecule has 0 aromatic carbocycles. The molecule has 0 N–H and O–H groups in total. The Balaban J connectivity index is 1.85. The van der Waals surface area contributed by atoms with E-state index in [1.807, 2.05) is 18.9 Å². The summed E-state index contributed by atoms with van der Waals surface area (Å²) in [6, 6.07) is 0.169. The van der Waals surface area contributed by atoms with Gasteiger partial charge in [-0.1, -0.05) is 6.92 Å². The van der Waals surface area contributed by atoms with E-state index in [1.165, 1.54) is 0 Å². The Hall–Kier alpha value is -0.220. The minimum absolute atomic E-state index is 0.0736. The van der Waals surface area contributed by atoms with Crippen LogP contribution in [0.2, 0.25) is 0 Å². The van der Waals surface area contributed by atoms with Crippen molar-refractivity contribution in [3.63, 3.8) is 0 Å². The average molecular weight is 233 g/mol. The van der Waals surface area contributed by atoms with Gasteiger partial charge in [0.15, 0.2) is 0 Å². The minimum Gasteiger partial charge on any atom is -0.377 e. The van der Waals surface area contributed by atoms with Crippen molar-refractivity contribution in [2.45, 2.75) is 51.2 Å². The summed E-state index contributed by atoms with van der Waals surface area (Å²) in [5.41, 5.74) is -0.717. The first-order valence-corrected chi connectivity index (χ1v) is 6.10. The van der Waals surface area contributed by atoms with E-state index in [4.69, 9.17) is 4.74 Å². The second-order valence-electron chi connectivity index (χ2n) is 5.49. The molecule has 0 radical (unpaired) electrons. The molecule has 4 heteroatoms. The molecule has 2 fully saturated rings. The van der Waals surface area contributed by atoms with Crippen LogP contribution in [0.15, 0.2) is 0 Å². The van der Waals surface area contributed by atoms with Crippen molar-refractivity contribution in [1.82, 2.24) is 4.90 Å². The lowest BCUT2D eigenvalue weighted by atomic mass is 10.0. The molecule has 2 aliphatic rings. The Morgan fingerprint density at radius 2 is 2.12 bits per heavy atom. The third kappa shape index (κ3) is 1.97. The van der Waals surface area contributed by atoms with E-state index in [2.05, 4.69) is 6.92 Å². The number of halogens is 2. The van der Waals surface area contributed by atoms with Crippen molar-refractivity contribution < 1.29 is 13.5 Å². The van der Waals surface area contributed by atoms with Crippen molar-refractivity contribution >= 4 is 0 Å². The molecule has 3 atom stereocenters. The van der Waals surface area contributed by atoms with Crippen LogP contribution in [0.3, 0.4) is 0 Å². The molecule has 2 nitrogen and oxygen atoms in total. The lowest BCUT2D eigenvalue weighted by Gasteiger charge is -2.21. The van der Waals surface area contributed by atoms with Crippen molar-refractivity contribution in [3.8, 4) is 0 Å².